The molecule has 6 fully saturated rings. The smallest absolute Gasteiger partial charge is 0.306 e. The third-order valence-electron chi connectivity index (χ3n) is 10.9. The minimum atomic E-state index is -0.131. The molecule has 1 spiro atoms. The zero-order chi connectivity index (χ0) is 18.3. The number of rotatable bonds is 0. The minimum absolute atomic E-state index is 0.0561. The molecule has 0 aromatic carbocycles. The standard InChI is InChI=1S/C24H30O3/c1-22-6-3-12(25)9-17(22)13-10-14(13)20-16(22)4-7-23(2)21(20)15-11-18(15)24(23)8-5-19(26)27-24/h9,13-16,18,20-21H,3-8,10-11H2,1-2H3/t13-,14+,15?,16?,18-,20?,21?,22?,23?,24+/m1/s1. The van der Waals surface area contributed by atoms with E-state index in [9.17, 15) is 9.59 Å². The summed E-state index contributed by atoms with van der Waals surface area (Å²) in [5, 5.41) is 0. The summed E-state index contributed by atoms with van der Waals surface area (Å²) in [5.74, 6) is 5.65. The van der Waals surface area contributed by atoms with E-state index in [2.05, 4.69) is 19.9 Å². The second-order valence-electron chi connectivity index (χ2n) is 11.5. The maximum Gasteiger partial charge on any atom is 0.306 e. The van der Waals surface area contributed by atoms with Crippen molar-refractivity contribution in [2.45, 2.75) is 70.8 Å². The summed E-state index contributed by atoms with van der Waals surface area (Å²) in [6.45, 7) is 4.99. The van der Waals surface area contributed by atoms with Gasteiger partial charge in [-0.15, -0.1) is 0 Å². The molecule has 6 unspecified atom stereocenters. The van der Waals surface area contributed by atoms with Gasteiger partial charge >= 0.3 is 5.97 Å². The molecule has 6 aliphatic carbocycles. The van der Waals surface area contributed by atoms with Gasteiger partial charge in [-0.05, 0) is 85.5 Å². The molecule has 1 aliphatic heterocycles. The number of fused-ring (bicyclic) bond motifs is 12. The second-order valence-corrected chi connectivity index (χ2v) is 11.5. The molecule has 144 valence electrons. The van der Waals surface area contributed by atoms with Crippen molar-refractivity contribution in [2.75, 3.05) is 0 Å². The highest BCUT2D eigenvalue weighted by atomic mass is 16.6. The number of carbonyl (C=O) groups excluding carboxylic acids is 2. The molecule has 0 bridgehead atoms. The maximum absolute atomic E-state index is 12.2. The molecule has 10 atom stereocenters. The molecule has 0 N–H and O–H groups in total. The average molecular weight is 367 g/mol. The largest absolute Gasteiger partial charge is 0.458 e. The van der Waals surface area contributed by atoms with Crippen LogP contribution in [-0.2, 0) is 14.3 Å². The second kappa shape index (κ2) is 4.39. The van der Waals surface area contributed by atoms with Crippen molar-refractivity contribution in [1.82, 2.24) is 0 Å². The molecule has 1 saturated heterocycles. The molecule has 1 heterocycles. The molecule has 0 radical (unpaired) electrons. The van der Waals surface area contributed by atoms with E-state index in [1.807, 2.05) is 0 Å². The number of hydrogen-bond acceptors (Lipinski definition) is 3. The molecule has 3 heteroatoms. The number of esters is 1. The molecular weight excluding hydrogens is 336 g/mol. The fourth-order valence-electron chi connectivity index (χ4n) is 9.74. The van der Waals surface area contributed by atoms with Crippen molar-refractivity contribution >= 4 is 11.8 Å². The Bertz CT molecular complexity index is 827. The van der Waals surface area contributed by atoms with Gasteiger partial charge in [0.15, 0.2) is 5.78 Å². The quantitative estimate of drug-likeness (QED) is 0.600. The first kappa shape index (κ1) is 15.8. The lowest BCUT2D eigenvalue weighted by molar-refractivity contribution is -0.177. The first-order valence-electron chi connectivity index (χ1n) is 11.4. The molecule has 3 nitrogen and oxygen atoms in total. The molecule has 5 saturated carbocycles. The summed E-state index contributed by atoms with van der Waals surface area (Å²) in [6, 6.07) is 0. The normalized spacial score (nSPS) is 62.0. The Morgan fingerprint density at radius 1 is 1.00 bits per heavy atom. The summed E-state index contributed by atoms with van der Waals surface area (Å²) in [7, 11) is 0. The first-order valence-corrected chi connectivity index (χ1v) is 11.4. The molecule has 0 amide bonds. The Kier molecular flexibility index (Phi) is 2.56. The Morgan fingerprint density at radius 2 is 1.85 bits per heavy atom. The predicted octanol–water partition coefficient (Wildman–Crippen LogP) is 4.31. The summed E-state index contributed by atoms with van der Waals surface area (Å²) >= 11 is 0. The van der Waals surface area contributed by atoms with Crippen molar-refractivity contribution in [3.63, 3.8) is 0 Å². The zero-order valence-electron chi connectivity index (χ0n) is 16.5. The molecular formula is C24H30O3. The zero-order valence-corrected chi connectivity index (χ0v) is 16.5. The van der Waals surface area contributed by atoms with E-state index in [4.69, 9.17) is 4.74 Å². The molecule has 0 aromatic rings. The van der Waals surface area contributed by atoms with Gasteiger partial charge < -0.3 is 4.74 Å². The monoisotopic (exact) mass is 366 g/mol. The lowest BCUT2D eigenvalue weighted by Gasteiger charge is -2.60. The van der Waals surface area contributed by atoms with Crippen LogP contribution >= 0.6 is 0 Å². The van der Waals surface area contributed by atoms with Crippen LogP contribution in [-0.4, -0.2) is 17.4 Å². The fourth-order valence-corrected chi connectivity index (χ4v) is 9.74. The number of carbonyl (C=O) groups is 2. The van der Waals surface area contributed by atoms with Crippen LogP contribution in [0.25, 0.3) is 0 Å². The fraction of sp³-hybridized carbons (Fsp3) is 0.833. The van der Waals surface area contributed by atoms with Crippen molar-refractivity contribution in [3.8, 4) is 0 Å². The van der Waals surface area contributed by atoms with Crippen LogP contribution in [0.5, 0.6) is 0 Å². The molecule has 0 aromatic heterocycles. The highest BCUT2D eigenvalue weighted by Gasteiger charge is 2.81. The minimum Gasteiger partial charge on any atom is -0.458 e. The average Bonchev–Trinajstić information content (AvgIpc) is 3.53. The van der Waals surface area contributed by atoms with E-state index >= 15 is 0 Å². The molecule has 7 rings (SSSR count). The third kappa shape index (κ3) is 1.58. The van der Waals surface area contributed by atoms with Crippen LogP contribution in [0.3, 0.4) is 0 Å². The Morgan fingerprint density at radius 3 is 2.63 bits per heavy atom. The van der Waals surface area contributed by atoms with Crippen molar-refractivity contribution in [3.05, 3.63) is 11.6 Å². The van der Waals surface area contributed by atoms with Gasteiger partial charge in [-0.3, -0.25) is 9.59 Å². The van der Waals surface area contributed by atoms with Gasteiger partial charge in [-0.25, -0.2) is 0 Å². The van der Waals surface area contributed by atoms with Crippen LogP contribution in [0.1, 0.15) is 65.2 Å². The number of ether oxygens (including phenoxy) is 1. The van der Waals surface area contributed by atoms with Crippen LogP contribution in [0.15, 0.2) is 11.6 Å². The Balaban J connectivity index is 1.33. The number of ketones is 1. The summed E-state index contributed by atoms with van der Waals surface area (Å²) in [4.78, 5) is 24.3. The van der Waals surface area contributed by atoms with E-state index in [1.165, 1.54) is 31.3 Å². The third-order valence-corrected chi connectivity index (χ3v) is 10.9. The molecule has 27 heavy (non-hydrogen) atoms. The van der Waals surface area contributed by atoms with Gasteiger partial charge in [0.1, 0.15) is 5.60 Å². The topological polar surface area (TPSA) is 43.4 Å². The van der Waals surface area contributed by atoms with Crippen molar-refractivity contribution < 1.29 is 14.3 Å². The van der Waals surface area contributed by atoms with Crippen molar-refractivity contribution in [1.29, 1.82) is 0 Å². The van der Waals surface area contributed by atoms with E-state index in [0.29, 0.717) is 24.0 Å². The van der Waals surface area contributed by atoms with Gasteiger partial charge in [0.2, 0.25) is 0 Å². The maximum atomic E-state index is 12.2. The van der Waals surface area contributed by atoms with E-state index in [0.717, 1.165) is 48.9 Å². The van der Waals surface area contributed by atoms with Crippen LogP contribution in [0, 0.1) is 52.3 Å². The van der Waals surface area contributed by atoms with Gasteiger partial charge in [-0.1, -0.05) is 19.4 Å². The van der Waals surface area contributed by atoms with E-state index < -0.39 is 0 Å². The van der Waals surface area contributed by atoms with Crippen LogP contribution in [0.2, 0.25) is 0 Å². The summed E-state index contributed by atoms with van der Waals surface area (Å²) in [5.41, 5.74) is 1.85. The van der Waals surface area contributed by atoms with Crippen LogP contribution < -0.4 is 0 Å². The van der Waals surface area contributed by atoms with Crippen molar-refractivity contribution in [2.24, 2.45) is 52.3 Å². The first-order chi connectivity index (χ1) is 12.9. The number of hydrogen-bond donors (Lipinski definition) is 0. The van der Waals surface area contributed by atoms with Gasteiger partial charge in [-0.2, -0.15) is 0 Å². The predicted molar refractivity (Wildman–Crippen MR) is 99.5 cm³/mol. The lowest BCUT2D eigenvalue weighted by atomic mass is 9.45. The van der Waals surface area contributed by atoms with Gasteiger partial charge in [0.05, 0.1) is 0 Å². The summed E-state index contributed by atoms with van der Waals surface area (Å²) < 4.78 is 6.22. The molecule has 7 aliphatic rings. The SMILES string of the molecule is CC12CCC(=O)C=C1[C@@H]1C[C@@H]1C1C2CCC2(C)C1C1C[C@H]1[C@@]21CCC(=O)O1. The Labute approximate surface area is 161 Å². The number of allylic oxidation sites excluding steroid dienone is 1. The van der Waals surface area contributed by atoms with E-state index in [-0.39, 0.29) is 22.4 Å². The van der Waals surface area contributed by atoms with Crippen LogP contribution in [0.4, 0.5) is 0 Å². The Hall–Kier alpha value is -1.12. The van der Waals surface area contributed by atoms with Gasteiger partial charge in [0.25, 0.3) is 0 Å². The van der Waals surface area contributed by atoms with E-state index in [1.54, 1.807) is 0 Å². The summed E-state index contributed by atoms with van der Waals surface area (Å²) in [6.07, 6.45) is 10.6. The lowest BCUT2D eigenvalue weighted by Crippen LogP contribution is -2.57. The van der Waals surface area contributed by atoms with Gasteiger partial charge in [0, 0.05) is 24.2 Å². The highest BCUT2D eigenvalue weighted by molar-refractivity contribution is 5.92. The highest BCUT2D eigenvalue weighted by Crippen LogP contribution is 2.82.